The van der Waals surface area contributed by atoms with Gasteiger partial charge in [-0.2, -0.15) is 4.99 Å². The van der Waals surface area contributed by atoms with Gasteiger partial charge in [-0.25, -0.2) is 0 Å². The Morgan fingerprint density at radius 3 is 2.62 bits per heavy atom. The van der Waals surface area contributed by atoms with Gasteiger partial charge >= 0.3 is 0 Å². The molecule has 1 aromatic rings. The Morgan fingerprint density at radius 1 is 1.29 bits per heavy atom. The van der Waals surface area contributed by atoms with E-state index in [-0.39, 0.29) is 5.91 Å². The number of likely N-dealkylation sites (N-methyl/N-ethyl adjacent to an activating group) is 1. The number of hydrogen-bond donors (Lipinski definition) is 1. The van der Waals surface area contributed by atoms with Gasteiger partial charge in [-0.05, 0) is 35.5 Å². The highest BCUT2D eigenvalue weighted by Crippen LogP contribution is 2.30. The number of carbonyl (C=O) groups excluding carboxylic acids is 1. The van der Waals surface area contributed by atoms with Crippen LogP contribution >= 0.6 is 23.4 Å². The number of thioether (sulfide) groups is 1. The van der Waals surface area contributed by atoms with Gasteiger partial charge in [-0.1, -0.05) is 23.7 Å². The maximum Gasteiger partial charge on any atom is 0.286 e. The Morgan fingerprint density at radius 2 is 1.95 bits per heavy atom. The number of benzene rings is 1. The Hall–Kier alpha value is -1.30. The number of piperazine rings is 1. The number of carbonyl (C=O) groups is 1. The summed E-state index contributed by atoms with van der Waals surface area (Å²) in [7, 11) is 2.19. The molecule has 2 aliphatic heterocycles. The van der Waals surface area contributed by atoms with Crippen LogP contribution < -0.4 is 4.90 Å². The van der Waals surface area contributed by atoms with Crippen LogP contribution in [0.5, 0.6) is 0 Å². The second-order valence-corrected chi connectivity index (χ2v) is 6.75. The fourth-order valence-electron chi connectivity index (χ4n) is 2.32. The molecule has 2 aliphatic rings. The first-order valence-electron chi connectivity index (χ1n) is 6.96. The summed E-state index contributed by atoms with van der Waals surface area (Å²) in [5, 5.41) is 1.53. The van der Waals surface area contributed by atoms with Crippen LogP contribution in [0.1, 0.15) is 5.56 Å². The summed E-state index contributed by atoms with van der Waals surface area (Å²) in [6, 6.07) is 7.45. The molecule has 0 aliphatic carbocycles. The summed E-state index contributed by atoms with van der Waals surface area (Å²) in [4.78, 5) is 20.6. The number of rotatable bonds is 1. The number of hydrogen-bond acceptors (Lipinski definition) is 3. The second-order valence-electron chi connectivity index (χ2n) is 5.31. The largest absolute Gasteiger partial charge is 0.339 e. The normalized spacial score (nSPS) is 22.0. The summed E-state index contributed by atoms with van der Waals surface area (Å²) in [6.45, 7) is 4.09. The molecule has 3 rings (SSSR count). The molecule has 0 aromatic heterocycles. The molecule has 0 radical (unpaired) electrons. The van der Waals surface area contributed by atoms with Crippen LogP contribution in [0.15, 0.2) is 34.2 Å². The van der Waals surface area contributed by atoms with E-state index >= 15 is 0 Å². The minimum absolute atomic E-state index is 0.142. The topological polar surface area (TPSA) is 37.1 Å². The predicted octanol–water partition coefficient (Wildman–Crippen LogP) is 1.14. The zero-order valence-corrected chi connectivity index (χ0v) is 13.4. The SMILES string of the molecule is C[NH+]1CCN(C2=NC(=O)/C(=C/c3ccc(Cl)cc3)S2)CC1. The first-order chi connectivity index (χ1) is 10.1. The van der Waals surface area contributed by atoms with E-state index in [0.717, 1.165) is 36.9 Å². The number of aliphatic imine (C=N–C) groups is 1. The van der Waals surface area contributed by atoms with Crippen LogP contribution in [-0.2, 0) is 4.79 Å². The molecular formula is C15H17ClN3OS+. The molecule has 110 valence electrons. The van der Waals surface area contributed by atoms with Crippen LogP contribution in [0.25, 0.3) is 6.08 Å². The van der Waals surface area contributed by atoms with E-state index in [4.69, 9.17) is 11.6 Å². The number of amides is 1. The molecule has 0 saturated carbocycles. The van der Waals surface area contributed by atoms with Crippen LogP contribution in [-0.4, -0.2) is 49.2 Å². The minimum Gasteiger partial charge on any atom is -0.339 e. The molecule has 1 amide bonds. The molecule has 0 spiro atoms. The lowest BCUT2D eigenvalue weighted by atomic mass is 10.2. The molecule has 0 unspecified atom stereocenters. The monoisotopic (exact) mass is 322 g/mol. The molecule has 0 atom stereocenters. The van der Waals surface area contributed by atoms with Crippen LogP contribution in [0.2, 0.25) is 5.02 Å². The fraction of sp³-hybridized carbons (Fsp3) is 0.333. The van der Waals surface area contributed by atoms with Crippen molar-refractivity contribution in [1.29, 1.82) is 0 Å². The summed E-state index contributed by atoms with van der Waals surface area (Å²) < 4.78 is 0. The van der Waals surface area contributed by atoms with Crippen molar-refractivity contribution in [3.8, 4) is 0 Å². The van der Waals surface area contributed by atoms with Gasteiger partial charge in [0.1, 0.15) is 0 Å². The number of nitrogens with one attached hydrogen (secondary N) is 1. The maximum atomic E-state index is 12.0. The van der Waals surface area contributed by atoms with Gasteiger partial charge in [0.25, 0.3) is 5.91 Å². The Bertz CT molecular complexity index is 604. The third-order valence-corrected chi connectivity index (χ3v) is 4.96. The van der Waals surface area contributed by atoms with Crippen molar-refractivity contribution in [2.24, 2.45) is 4.99 Å². The fourth-order valence-corrected chi connectivity index (χ4v) is 3.41. The number of quaternary nitrogens is 1. The molecule has 2 heterocycles. The van der Waals surface area contributed by atoms with E-state index in [0.29, 0.717) is 9.93 Å². The highest BCUT2D eigenvalue weighted by atomic mass is 35.5. The van der Waals surface area contributed by atoms with Gasteiger partial charge < -0.3 is 9.80 Å². The van der Waals surface area contributed by atoms with Crippen LogP contribution in [0.3, 0.4) is 0 Å². The molecular weight excluding hydrogens is 306 g/mol. The van der Waals surface area contributed by atoms with Gasteiger partial charge in [0, 0.05) is 5.02 Å². The zero-order chi connectivity index (χ0) is 14.8. The van der Waals surface area contributed by atoms with Crippen molar-refractivity contribution in [2.75, 3.05) is 33.2 Å². The van der Waals surface area contributed by atoms with Crippen molar-refractivity contribution < 1.29 is 9.69 Å². The Balaban J connectivity index is 1.71. The number of nitrogens with zero attached hydrogens (tertiary/aromatic N) is 2. The number of amidine groups is 1. The summed E-state index contributed by atoms with van der Waals surface area (Å²) in [5.41, 5.74) is 0.967. The lowest BCUT2D eigenvalue weighted by Gasteiger charge is -2.30. The van der Waals surface area contributed by atoms with Crippen molar-refractivity contribution in [3.63, 3.8) is 0 Å². The van der Waals surface area contributed by atoms with Crippen LogP contribution in [0, 0.1) is 0 Å². The highest BCUT2D eigenvalue weighted by Gasteiger charge is 2.28. The Kier molecular flexibility index (Phi) is 4.33. The van der Waals surface area contributed by atoms with Crippen molar-refractivity contribution >= 4 is 40.5 Å². The summed E-state index contributed by atoms with van der Waals surface area (Å²) >= 11 is 7.34. The van der Waals surface area contributed by atoms with Gasteiger partial charge in [0.2, 0.25) is 0 Å². The van der Waals surface area contributed by atoms with E-state index in [1.165, 1.54) is 16.7 Å². The molecule has 1 fully saturated rings. The standard InChI is InChI=1S/C15H16ClN3OS/c1-18-6-8-19(9-7-18)15-17-14(20)13(21-15)10-11-2-4-12(16)5-3-11/h2-5,10H,6-9H2,1H3/p+1/b13-10-. The average Bonchev–Trinajstić information content (AvgIpc) is 2.83. The highest BCUT2D eigenvalue weighted by molar-refractivity contribution is 8.18. The lowest BCUT2D eigenvalue weighted by molar-refractivity contribution is -0.883. The molecule has 0 bridgehead atoms. The second kappa shape index (κ2) is 6.22. The molecule has 1 N–H and O–H groups in total. The maximum absolute atomic E-state index is 12.0. The molecule has 21 heavy (non-hydrogen) atoms. The van der Waals surface area contributed by atoms with Gasteiger partial charge in [0.05, 0.1) is 38.1 Å². The molecule has 4 nitrogen and oxygen atoms in total. The predicted molar refractivity (Wildman–Crippen MR) is 87.7 cm³/mol. The Labute approximate surface area is 133 Å². The smallest absolute Gasteiger partial charge is 0.286 e. The van der Waals surface area contributed by atoms with Crippen LogP contribution in [0.4, 0.5) is 0 Å². The summed E-state index contributed by atoms with van der Waals surface area (Å²) in [5.74, 6) is -0.142. The third-order valence-electron chi connectivity index (χ3n) is 3.66. The minimum atomic E-state index is -0.142. The average molecular weight is 323 g/mol. The van der Waals surface area contributed by atoms with E-state index in [2.05, 4.69) is 16.9 Å². The van der Waals surface area contributed by atoms with E-state index in [1.54, 1.807) is 0 Å². The zero-order valence-electron chi connectivity index (χ0n) is 11.8. The first-order valence-corrected chi connectivity index (χ1v) is 8.15. The van der Waals surface area contributed by atoms with E-state index < -0.39 is 0 Å². The molecule has 1 saturated heterocycles. The van der Waals surface area contributed by atoms with Crippen molar-refractivity contribution in [1.82, 2.24) is 4.90 Å². The van der Waals surface area contributed by atoms with Crippen molar-refractivity contribution in [3.05, 3.63) is 39.8 Å². The van der Waals surface area contributed by atoms with E-state index in [9.17, 15) is 4.79 Å². The summed E-state index contributed by atoms with van der Waals surface area (Å²) in [6.07, 6.45) is 1.88. The third kappa shape index (κ3) is 3.48. The van der Waals surface area contributed by atoms with Gasteiger partial charge in [-0.15, -0.1) is 0 Å². The first kappa shape index (κ1) is 14.6. The van der Waals surface area contributed by atoms with E-state index in [1.807, 2.05) is 30.3 Å². The molecule has 1 aromatic carbocycles. The van der Waals surface area contributed by atoms with Crippen molar-refractivity contribution in [2.45, 2.75) is 0 Å². The number of halogens is 1. The lowest BCUT2D eigenvalue weighted by Crippen LogP contribution is -3.12. The molecule has 6 heteroatoms. The van der Waals surface area contributed by atoms with Gasteiger partial charge in [-0.3, -0.25) is 4.79 Å². The quantitative estimate of drug-likeness (QED) is 0.788. The van der Waals surface area contributed by atoms with Gasteiger partial charge in [0.15, 0.2) is 5.17 Å².